The molecule has 5 atom stereocenters. The molecule has 22 heavy (non-hydrogen) atoms. The quantitative estimate of drug-likeness (QED) is 0.869. The van der Waals surface area contributed by atoms with Gasteiger partial charge in [-0.2, -0.15) is 0 Å². The molecule has 4 nitrogen and oxygen atoms in total. The highest BCUT2D eigenvalue weighted by Gasteiger charge is 2.59. The van der Waals surface area contributed by atoms with Crippen LogP contribution < -0.4 is 0 Å². The predicted octanol–water partition coefficient (Wildman–Crippen LogP) is 3.23. The van der Waals surface area contributed by atoms with Crippen molar-refractivity contribution in [1.82, 2.24) is 0 Å². The van der Waals surface area contributed by atoms with Crippen molar-refractivity contribution in [1.29, 1.82) is 0 Å². The number of carbonyl (C=O) groups is 3. The van der Waals surface area contributed by atoms with Gasteiger partial charge in [0, 0.05) is 30.1 Å². The van der Waals surface area contributed by atoms with Gasteiger partial charge in [0.15, 0.2) is 0 Å². The number of carboxylic acids is 1. The molecule has 1 unspecified atom stereocenters. The van der Waals surface area contributed by atoms with Crippen molar-refractivity contribution < 1.29 is 19.5 Å². The van der Waals surface area contributed by atoms with E-state index in [-0.39, 0.29) is 23.5 Å². The number of carboxylic acid groups (broad SMARTS) is 1. The van der Waals surface area contributed by atoms with E-state index in [4.69, 9.17) is 5.11 Å². The third-order valence-corrected chi connectivity index (χ3v) is 7.16. The molecular formula is C18H26O4. The summed E-state index contributed by atoms with van der Waals surface area (Å²) in [6.45, 7) is 4.10. The lowest BCUT2D eigenvalue weighted by Gasteiger charge is -2.54. The number of Topliss-reactive ketones (excluding diaryl/α,β-unsaturated/α-hetero) is 2. The first-order valence-corrected chi connectivity index (χ1v) is 8.57. The fourth-order valence-corrected chi connectivity index (χ4v) is 5.73. The van der Waals surface area contributed by atoms with E-state index in [1.807, 2.05) is 6.92 Å². The minimum Gasteiger partial charge on any atom is -0.481 e. The summed E-state index contributed by atoms with van der Waals surface area (Å²) in [4.78, 5) is 35.8. The topological polar surface area (TPSA) is 71.4 Å². The van der Waals surface area contributed by atoms with Crippen LogP contribution in [-0.4, -0.2) is 22.6 Å². The molecule has 3 rings (SSSR count). The van der Waals surface area contributed by atoms with E-state index in [0.29, 0.717) is 36.9 Å². The second-order valence-electron chi connectivity index (χ2n) is 8.07. The van der Waals surface area contributed by atoms with E-state index >= 15 is 0 Å². The normalized spacial score (nSPS) is 44.5. The Kier molecular flexibility index (Phi) is 3.69. The molecule has 0 amide bonds. The minimum atomic E-state index is -0.826. The Bertz CT molecular complexity index is 525. The van der Waals surface area contributed by atoms with Gasteiger partial charge in [-0.05, 0) is 49.9 Å². The molecule has 3 aliphatic carbocycles. The largest absolute Gasteiger partial charge is 0.481 e. The van der Waals surface area contributed by atoms with Gasteiger partial charge < -0.3 is 5.11 Å². The van der Waals surface area contributed by atoms with Crippen molar-refractivity contribution in [3.05, 3.63) is 0 Å². The molecule has 0 aliphatic heterocycles. The maximum atomic E-state index is 12.6. The number of fused-ring (bicyclic) bond motifs is 3. The number of rotatable bonds is 3. The van der Waals surface area contributed by atoms with Crippen molar-refractivity contribution >= 4 is 17.5 Å². The van der Waals surface area contributed by atoms with Crippen LogP contribution in [0.4, 0.5) is 0 Å². The fourth-order valence-electron chi connectivity index (χ4n) is 5.73. The lowest BCUT2D eigenvalue weighted by atomic mass is 9.49. The summed E-state index contributed by atoms with van der Waals surface area (Å²) in [7, 11) is 0. The van der Waals surface area contributed by atoms with E-state index < -0.39 is 11.4 Å². The monoisotopic (exact) mass is 306 g/mol. The highest BCUT2D eigenvalue weighted by atomic mass is 16.4. The molecule has 0 heterocycles. The first-order chi connectivity index (χ1) is 10.3. The maximum absolute atomic E-state index is 12.6. The van der Waals surface area contributed by atoms with Crippen LogP contribution in [0, 0.1) is 28.6 Å². The van der Waals surface area contributed by atoms with Crippen molar-refractivity contribution in [3.63, 3.8) is 0 Å². The van der Waals surface area contributed by atoms with Crippen molar-refractivity contribution in [3.8, 4) is 0 Å². The van der Waals surface area contributed by atoms with Gasteiger partial charge in [0.2, 0.25) is 0 Å². The zero-order valence-electron chi connectivity index (χ0n) is 13.6. The molecule has 0 saturated heterocycles. The summed E-state index contributed by atoms with van der Waals surface area (Å²) in [6.07, 6.45) is 5.35. The fraction of sp³-hybridized carbons (Fsp3) is 0.833. The second-order valence-corrected chi connectivity index (χ2v) is 8.07. The molecule has 3 fully saturated rings. The Labute approximate surface area is 131 Å². The smallest absolute Gasteiger partial charge is 0.303 e. The zero-order chi connectivity index (χ0) is 16.1. The molecule has 4 heteroatoms. The standard InChI is InChI=1S/C18H26O4/c1-17-9-7-13-11(12(17)4-6-15(17)20)3-5-14(19)18(13,2)10-8-16(21)22/h11-13H,3-10H2,1-2H3,(H,21,22)/t11-,12-,13-,17?,18+/m0/s1. The van der Waals surface area contributed by atoms with Crippen molar-refractivity contribution in [2.24, 2.45) is 28.6 Å². The summed E-state index contributed by atoms with van der Waals surface area (Å²) >= 11 is 0. The number of carbonyl (C=O) groups excluding carboxylic acids is 2. The van der Waals surface area contributed by atoms with Crippen molar-refractivity contribution in [2.45, 2.75) is 65.2 Å². The lowest BCUT2D eigenvalue weighted by molar-refractivity contribution is -0.149. The van der Waals surface area contributed by atoms with E-state index in [9.17, 15) is 14.4 Å². The Hall–Kier alpha value is -1.19. The average Bonchev–Trinajstić information content (AvgIpc) is 2.77. The maximum Gasteiger partial charge on any atom is 0.303 e. The Morgan fingerprint density at radius 2 is 1.77 bits per heavy atom. The van der Waals surface area contributed by atoms with Gasteiger partial charge in [-0.3, -0.25) is 14.4 Å². The second kappa shape index (κ2) is 5.17. The Morgan fingerprint density at radius 1 is 1.09 bits per heavy atom. The molecule has 0 spiro atoms. The third kappa shape index (κ3) is 2.14. The first kappa shape index (κ1) is 15.7. The van der Waals surface area contributed by atoms with Gasteiger partial charge in [-0.25, -0.2) is 0 Å². The number of hydrogen-bond donors (Lipinski definition) is 1. The van der Waals surface area contributed by atoms with Gasteiger partial charge >= 0.3 is 5.97 Å². The number of ketones is 2. The van der Waals surface area contributed by atoms with E-state index in [2.05, 4.69) is 6.92 Å². The van der Waals surface area contributed by atoms with Crippen LogP contribution in [0.5, 0.6) is 0 Å². The average molecular weight is 306 g/mol. The van der Waals surface area contributed by atoms with Crippen LogP contribution in [0.25, 0.3) is 0 Å². The summed E-state index contributed by atoms with van der Waals surface area (Å²) in [6, 6.07) is 0. The Balaban J connectivity index is 1.88. The molecule has 1 N–H and O–H groups in total. The highest BCUT2D eigenvalue weighted by molar-refractivity contribution is 5.88. The molecule has 3 aliphatic rings. The highest BCUT2D eigenvalue weighted by Crippen LogP contribution is 2.61. The minimum absolute atomic E-state index is 0.0618. The van der Waals surface area contributed by atoms with Crippen LogP contribution >= 0.6 is 0 Å². The molecule has 0 bridgehead atoms. The van der Waals surface area contributed by atoms with E-state index in [1.165, 1.54) is 0 Å². The molecule has 0 radical (unpaired) electrons. The SMILES string of the molecule is CC12CC[C@H]3[C@@H](CCC(=O)[C@]3(C)CCC(=O)O)[C@@H]1CCC2=O. The van der Waals surface area contributed by atoms with Crippen LogP contribution in [0.2, 0.25) is 0 Å². The summed E-state index contributed by atoms with van der Waals surface area (Å²) in [5.74, 6) is 0.894. The van der Waals surface area contributed by atoms with Crippen LogP contribution in [-0.2, 0) is 14.4 Å². The lowest BCUT2D eigenvalue weighted by Crippen LogP contribution is -2.52. The first-order valence-electron chi connectivity index (χ1n) is 8.57. The third-order valence-electron chi connectivity index (χ3n) is 7.16. The van der Waals surface area contributed by atoms with E-state index in [1.54, 1.807) is 0 Å². The molecule has 0 aromatic heterocycles. The number of aliphatic carboxylic acids is 1. The van der Waals surface area contributed by atoms with Gasteiger partial charge in [0.1, 0.15) is 11.6 Å². The molecule has 3 saturated carbocycles. The van der Waals surface area contributed by atoms with Gasteiger partial charge in [0.05, 0.1) is 0 Å². The summed E-state index contributed by atoms with van der Waals surface area (Å²) in [5, 5.41) is 9.01. The Morgan fingerprint density at radius 3 is 2.45 bits per heavy atom. The molecular weight excluding hydrogens is 280 g/mol. The van der Waals surface area contributed by atoms with Crippen LogP contribution in [0.15, 0.2) is 0 Å². The predicted molar refractivity (Wildman–Crippen MR) is 81.3 cm³/mol. The number of hydrogen-bond acceptors (Lipinski definition) is 3. The molecule has 0 aromatic carbocycles. The van der Waals surface area contributed by atoms with Crippen molar-refractivity contribution in [2.75, 3.05) is 0 Å². The summed E-state index contributed by atoms with van der Waals surface area (Å²) in [5.41, 5.74) is -0.691. The van der Waals surface area contributed by atoms with E-state index in [0.717, 1.165) is 25.7 Å². The van der Waals surface area contributed by atoms with Gasteiger partial charge in [-0.1, -0.05) is 13.8 Å². The summed E-state index contributed by atoms with van der Waals surface area (Å²) < 4.78 is 0. The van der Waals surface area contributed by atoms with Gasteiger partial charge in [0.25, 0.3) is 0 Å². The van der Waals surface area contributed by atoms with Gasteiger partial charge in [-0.15, -0.1) is 0 Å². The zero-order valence-corrected chi connectivity index (χ0v) is 13.6. The van der Waals surface area contributed by atoms with Crippen LogP contribution in [0.3, 0.4) is 0 Å². The molecule has 122 valence electrons. The van der Waals surface area contributed by atoms with Crippen LogP contribution in [0.1, 0.15) is 65.2 Å². The molecule has 0 aromatic rings.